The first-order valence-corrected chi connectivity index (χ1v) is 7.65. The molecule has 4 nitrogen and oxygen atoms in total. The standard InChI is InChI=1S/C14H20N2O2S/c1-10(2)18-12-5-3-4-11(6-12)7-15-14(17)13-8-19-9-16-13/h3-6,10,13,16H,7-9H2,1-2H3,(H,15,17). The van der Waals surface area contributed by atoms with Gasteiger partial charge in [0.25, 0.3) is 0 Å². The molecule has 1 atom stereocenters. The number of hydrogen-bond acceptors (Lipinski definition) is 4. The van der Waals surface area contributed by atoms with Crippen molar-refractivity contribution in [3.05, 3.63) is 29.8 Å². The van der Waals surface area contributed by atoms with Crippen LogP contribution in [0.1, 0.15) is 19.4 Å². The van der Waals surface area contributed by atoms with E-state index in [4.69, 9.17) is 4.74 Å². The third kappa shape index (κ3) is 4.44. The van der Waals surface area contributed by atoms with Gasteiger partial charge in [-0.3, -0.25) is 10.1 Å². The number of hydrogen-bond donors (Lipinski definition) is 2. The summed E-state index contributed by atoms with van der Waals surface area (Å²) >= 11 is 1.75. The Labute approximate surface area is 118 Å². The van der Waals surface area contributed by atoms with Crippen LogP contribution in [0.25, 0.3) is 0 Å². The Morgan fingerprint density at radius 2 is 2.42 bits per heavy atom. The highest BCUT2D eigenvalue weighted by Gasteiger charge is 2.21. The van der Waals surface area contributed by atoms with Crippen molar-refractivity contribution < 1.29 is 9.53 Å². The number of nitrogens with one attached hydrogen (secondary N) is 2. The molecule has 1 saturated heterocycles. The summed E-state index contributed by atoms with van der Waals surface area (Å²) in [5.74, 6) is 2.62. The summed E-state index contributed by atoms with van der Waals surface area (Å²) in [4.78, 5) is 11.9. The Morgan fingerprint density at radius 1 is 1.58 bits per heavy atom. The second kappa shape index (κ2) is 6.82. The van der Waals surface area contributed by atoms with Gasteiger partial charge in [-0.15, -0.1) is 11.8 Å². The minimum Gasteiger partial charge on any atom is -0.491 e. The second-order valence-electron chi connectivity index (χ2n) is 4.80. The van der Waals surface area contributed by atoms with Crippen molar-refractivity contribution in [3.8, 4) is 5.75 Å². The average Bonchev–Trinajstić information content (AvgIpc) is 2.89. The average molecular weight is 280 g/mol. The van der Waals surface area contributed by atoms with Crippen LogP contribution in [0.3, 0.4) is 0 Å². The van der Waals surface area contributed by atoms with Crippen LogP contribution in [-0.2, 0) is 11.3 Å². The van der Waals surface area contributed by atoms with Gasteiger partial charge in [-0.05, 0) is 31.5 Å². The topological polar surface area (TPSA) is 50.4 Å². The fourth-order valence-electron chi connectivity index (χ4n) is 1.88. The fraction of sp³-hybridized carbons (Fsp3) is 0.500. The summed E-state index contributed by atoms with van der Waals surface area (Å²) in [6.07, 6.45) is 0.157. The number of amides is 1. The van der Waals surface area contributed by atoms with Crippen LogP contribution in [0.5, 0.6) is 5.75 Å². The number of benzene rings is 1. The zero-order chi connectivity index (χ0) is 13.7. The van der Waals surface area contributed by atoms with Gasteiger partial charge in [0.1, 0.15) is 5.75 Å². The molecule has 19 heavy (non-hydrogen) atoms. The highest BCUT2D eigenvalue weighted by atomic mass is 32.2. The van der Waals surface area contributed by atoms with Gasteiger partial charge in [0.15, 0.2) is 0 Å². The lowest BCUT2D eigenvalue weighted by atomic mass is 10.2. The molecule has 2 rings (SSSR count). The minimum atomic E-state index is -0.0555. The number of ether oxygens (including phenoxy) is 1. The van der Waals surface area contributed by atoms with Crippen LogP contribution in [0.15, 0.2) is 24.3 Å². The van der Waals surface area contributed by atoms with E-state index >= 15 is 0 Å². The van der Waals surface area contributed by atoms with Gasteiger partial charge in [-0.2, -0.15) is 0 Å². The first-order chi connectivity index (χ1) is 9.15. The molecule has 0 aromatic heterocycles. The summed E-state index contributed by atoms with van der Waals surface area (Å²) < 4.78 is 5.63. The van der Waals surface area contributed by atoms with E-state index in [0.717, 1.165) is 22.9 Å². The molecule has 1 heterocycles. The molecule has 2 N–H and O–H groups in total. The SMILES string of the molecule is CC(C)Oc1cccc(CNC(=O)C2CSCN2)c1. The Kier molecular flexibility index (Phi) is 5.10. The van der Waals surface area contributed by atoms with Crippen molar-refractivity contribution >= 4 is 17.7 Å². The van der Waals surface area contributed by atoms with Gasteiger partial charge in [-0.25, -0.2) is 0 Å². The molecular weight excluding hydrogens is 260 g/mol. The molecular formula is C14H20N2O2S. The zero-order valence-corrected chi connectivity index (χ0v) is 12.1. The highest BCUT2D eigenvalue weighted by molar-refractivity contribution is 7.99. The molecule has 1 aliphatic rings. The van der Waals surface area contributed by atoms with Gasteiger partial charge in [0.05, 0.1) is 12.1 Å². The number of carbonyl (C=O) groups excluding carboxylic acids is 1. The molecule has 1 unspecified atom stereocenters. The maximum atomic E-state index is 11.9. The summed E-state index contributed by atoms with van der Waals surface area (Å²) in [7, 11) is 0. The van der Waals surface area contributed by atoms with E-state index < -0.39 is 0 Å². The van der Waals surface area contributed by atoms with Crippen molar-refractivity contribution in [2.24, 2.45) is 0 Å². The molecule has 1 amide bonds. The lowest BCUT2D eigenvalue weighted by molar-refractivity contribution is -0.122. The van der Waals surface area contributed by atoms with Gasteiger partial charge in [0, 0.05) is 18.2 Å². The van der Waals surface area contributed by atoms with Crippen LogP contribution in [0.4, 0.5) is 0 Å². The van der Waals surface area contributed by atoms with Gasteiger partial charge in [0.2, 0.25) is 5.91 Å². The van der Waals surface area contributed by atoms with Crippen LogP contribution in [-0.4, -0.2) is 29.7 Å². The Bertz CT molecular complexity index is 431. The van der Waals surface area contributed by atoms with Crippen molar-refractivity contribution in [1.82, 2.24) is 10.6 Å². The molecule has 0 radical (unpaired) electrons. The number of rotatable bonds is 5. The molecule has 1 fully saturated rings. The molecule has 0 spiro atoms. The molecule has 5 heteroatoms. The largest absolute Gasteiger partial charge is 0.491 e. The maximum Gasteiger partial charge on any atom is 0.238 e. The lowest BCUT2D eigenvalue weighted by Gasteiger charge is -2.13. The van der Waals surface area contributed by atoms with E-state index in [1.165, 1.54) is 0 Å². The van der Waals surface area contributed by atoms with Crippen LogP contribution < -0.4 is 15.4 Å². The third-order valence-corrected chi connectivity index (χ3v) is 3.71. The second-order valence-corrected chi connectivity index (χ2v) is 5.83. The molecule has 1 aliphatic heterocycles. The summed E-state index contributed by atoms with van der Waals surface area (Å²) in [6.45, 7) is 4.53. The van der Waals surface area contributed by atoms with E-state index in [1.807, 2.05) is 38.1 Å². The predicted molar refractivity (Wildman–Crippen MR) is 78.3 cm³/mol. The first-order valence-electron chi connectivity index (χ1n) is 6.49. The number of carbonyl (C=O) groups is 1. The van der Waals surface area contributed by atoms with Gasteiger partial charge in [-0.1, -0.05) is 12.1 Å². The smallest absolute Gasteiger partial charge is 0.238 e. The third-order valence-electron chi connectivity index (χ3n) is 2.77. The highest BCUT2D eigenvalue weighted by Crippen LogP contribution is 2.15. The summed E-state index contributed by atoms with van der Waals surface area (Å²) in [5.41, 5.74) is 1.05. The molecule has 1 aromatic rings. The van der Waals surface area contributed by atoms with Crippen molar-refractivity contribution in [1.29, 1.82) is 0 Å². The van der Waals surface area contributed by atoms with Crippen LogP contribution >= 0.6 is 11.8 Å². The monoisotopic (exact) mass is 280 g/mol. The van der Waals surface area contributed by atoms with Crippen LogP contribution in [0, 0.1) is 0 Å². The molecule has 0 aliphatic carbocycles. The van der Waals surface area contributed by atoms with Gasteiger partial charge < -0.3 is 10.1 Å². The Balaban J connectivity index is 1.86. The lowest BCUT2D eigenvalue weighted by Crippen LogP contribution is -2.41. The van der Waals surface area contributed by atoms with Crippen molar-refractivity contribution in [2.45, 2.75) is 32.5 Å². The van der Waals surface area contributed by atoms with Crippen molar-refractivity contribution in [3.63, 3.8) is 0 Å². The van der Waals surface area contributed by atoms with Gasteiger partial charge >= 0.3 is 0 Å². The molecule has 0 saturated carbocycles. The van der Waals surface area contributed by atoms with E-state index in [2.05, 4.69) is 10.6 Å². The maximum absolute atomic E-state index is 11.9. The zero-order valence-electron chi connectivity index (χ0n) is 11.3. The molecule has 1 aromatic carbocycles. The summed E-state index contributed by atoms with van der Waals surface area (Å²) in [5, 5.41) is 6.11. The fourth-order valence-corrected chi connectivity index (χ4v) is 2.82. The Morgan fingerprint density at radius 3 is 3.11 bits per heavy atom. The van der Waals surface area contributed by atoms with Crippen LogP contribution in [0.2, 0.25) is 0 Å². The quantitative estimate of drug-likeness (QED) is 0.863. The van der Waals surface area contributed by atoms with E-state index in [9.17, 15) is 4.79 Å². The normalized spacial score (nSPS) is 18.6. The summed E-state index contributed by atoms with van der Waals surface area (Å²) in [6, 6.07) is 7.78. The minimum absolute atomic E-state index is 0.0555. The Hall–Kier alpha value is -1.20. The van der Waals surface area contributed by atoms with Crippen molar-refractivity contribution in [2.75, 3.05) is 11.6 Å². The predicted octanol–water partition coefficient (Wildman–Crippen LogP) is 1.75. The molecule has 0 bridgehead atoms. The van der Waals surface area contributed by atoms with E-state index in [-0.39, 0.29) is 18.1 Å². The van der Waals surface area contributed by atoms with E-state index in [0.29, 0.717) is 6.54 Å². The number of thioether (sulfide) groups is 1. The molecule has 104 valence electrons. The first kappa shape index (κ1) is 14.2. The van der Waals surface area contributed by atoms with E-state index in [1.54, 1.807) is 11.8 Å².